The van der Waals surface area contributed by atoms with Crippen LogP contribution in [-0.4, -0.2) is 48.3 Å². The van der Waals surface area contributed by atoms with Gasteiger partial charge < -0.3 is 20.8 Å². The number of carbonyl (C=O) groups excluding carboxylic acids is 1. The normalized spacial score (nSPS) is 27.5. The van der Waals surface area contributed by atoms with Crippen LogP contribution < -0.4 is 10.6 Å². The summed E-state index contributed by atoms with van der Waals surface area (Å²) in [6, 6.07) is 5.80. The molecule has 0 saturated heterocycles. The monoisotopic (exact) mass is 464 g/mol. The topological polar surface area (TPSA) is 98.7 Å². The van der Waals surface area contributed by atoms with Crippen molar-refractivity contribution in [1.29, 1.82) is 0 Å². The van der Waals surface area contributed by atoms with E-state index in [4.69, 9.17) is 26.6 Å². The summed E-state index contributed by atoms with van der Waals surface area (Å²) in [6.07, 6.45) is 10.0. The van der Waals surface area contributed by atoms with Crippen LogP contribution in [0.3, 0.4) is 0 Å². The Morgan fingerprint density at radius 2 is 1.69 bits per heavy atom. The molecule has 32 heavy (non-hydrogen) atoms. The minimum absolute atomic E-state index is 0.0269. The molecule has 0 atom stereocenters. The van der Waals surface area contributed by atoms with Crippen molar-refractivity contribution in [3.8, 4) is 0 Å². The summed E-state index contributed by atoms with van der Waals surface area (Å²) >= 11 is 6.35. The number of aliphatic carboxylic acids is 1. The first-order chi connectivity index (χ1) is 15.3. The van der Waals surface area contributed by atoms with Crippen LogP contribution in [0.15, 0.2) is 18.2 Å². The van der Waals surface area contributed by atoms with Gasteiger partial charge in [-0.1, -0.05) is 17.7 Å². The highest BCUT2D eigenvalue weighted by atomic mass is 35.5. The van der Waals surface area contributed by atoms with Gasteiger partial charge in [0, 0.05) is 20.0 Å². The fraction of sp³-hybridized carbons (Fsp3) is 0.680. The Kier molecular flexibility index (Phi) is 8.97. The molecule has 0 spiro atoms. The summed E-state index contributed by atoms with van der Waals surface area (Å²) in [5.41, 5.74) is 2.08. The Morgan fingerprint density at radius 1 is 1.09 bits per heavy atom. The Labute approximate surface area is 196 Å². The lowest BCUT2D eigenvalue weighted by molar-refractivity contribution is -0.134. The van der Waals surface area contributed by atoms with E-state index in [1.807, 2.05) is 18.2 Å². The average Bonchev–Trinajstić information content (AvgIpc) is 2.72. The number of nitrogens with one attached hydrogen (secondary N) is 2. The van der Waals surface area contributed by atoms with Crippen molar-refractivity contribution in [2.45, 2.75) is 58.3 Å². The number of amides is 1. The van der Waals surface area contributed by atoms with Crippen molar-refractivity contribution in [1.82, 2.24) is 10.6 Å². The summed E-state index contributed by atoms with van der Waals surface area (Å²) in [7, 11) is 0. The second kappa shape index (κ2) is 11.5. The van der Waals surface area contributed by atoms with Crippen LogP contribution in [-0.2, 0) is 11.2 Å². The summed E-state index contributed by atoms with van der Waals surface area (Å²) < 4.78 is 0. The second-order valence-corrected chi connectivity index (χ2v) is 10.4. The second-order valence-electron chi connectivity index (χ2n) is 10.0. The molecule has 0 unspecified atom stereocenters. The van der Waals surface area contributed by atoms with Crippen LogP contribution in [0, 0.1) is 23.2 Å². The zero-order valence-corrected chi connectivity index (χ0v) is 19.8. The molecule has 178 valence electrons. The van der Waals surface area contributed by atoms with Crippen molar-refractivity contribution >= 4 is 23.5 Å². The Hall–Kier alpha value is -1.63. The van der Waals surface area contributed by atoms with Gasteiger partial charge in [0.2, 0.25) is 0 Å². The number of aliphatic hydroxyl groups excluding tert-OH is 1. The molecular formula is C25H37ClN2O4. The highest BCUT2D eigenvalue weighted by Gasteiger charge is 2.50. The van der Waals surface area contributed by atoms with Gasteiger partial charge in [0.15, 0.2) is 0 Å². The average molecular weight is 465 g/mol. The Bertz CT molecular complexity index is 759. The number of aryl methyl sites for hydroxylation is 1. The third kappa shape index (κ3) is 6.93. The summed E-state index contributed by atoms with van der Waals surface area (Å²) in [5, 5.41) is 23.2. The molecule has 6 nitrogen and oxygen atoms in total. The maximum absolute atomic E-state index is 12.9. The van der Waals surface area contributed by atoms with Crippen LogP contribution in [0.1, 0.15) is 67.8 Å². The molecule has 4 aliphatic carbocycles. The van der Waals surface area contributed by atoms with E-state index in [1.165, 1.54) is 38.5 Å². The van der Waals surface area contributed by atoms with E-state index < -0.39 is 5.97 Å². The molecule has 0 aliphatic heterocycles. The number of carboxylic acids is 1. The zero-order valence-electron chi connectivity index (χ0n) is 19.0. The minimum atomic E-state index is -0.833. The minimum Gasteiger partial charge on any atom is -0.481 e. The van der Waals surface area contributed by atoms with Crippen molar-refractivity contribution in [3.05, 3.63) is 34.3 Å². The van der Waals surface area contributed by atoms with Gasteiger partial charge in [-0.2, -0.15) is 0 Å². The lowest BCUT2D eigenvalue weighted by atomic mass is 9.49. The fourth-order valence-corrected chi connectivity index (χ4v) is 6.60. The molecule has 4 aliphatic rings. The Morgan fingerprint density at radius 3 is 2.25 bits per heavy atom. The molecule has 0 radical (unpaired) electrons. The molecule has 0 aromatic heterocycles. The van der Waals surface area contributed by atoms with E-state index in [0.717, 1.165) is 56.2 Å². The third-order valence-electron chi connectivity index (χ3n) is 7.17. The summed E-state index contributed by atoms with van der Waals surface area (Å²) in [6.45, 7) is 3.53. The van der Waals surface area contributed by atoms with E-state index in [0.29, 0.717) is 22.5 Å². The van der Waals surface area contributed by atoms with E-state index in [9.17, 15) is 4.79 Å². The van der Waals surface area contributed by atoms with Gasteiger partial charge in [0.1, 0.15) is 0 Å². The molecule has 4 saturated carbocycles. The molecule has 4 bridgehead atoms. The van der Waals surface area contributed by atoms with Crippen LogP contribution in [0.4, 0.5) is 0 Å². The van der Waals surface area contributed by atoms with Gasteiger partial charge in [0.25, 0.3) is 11.9 Å². The number of carboxylic acid groups (broad SMARTS) is 1. The maximum Gasteiger partial charge on any atom is 0.300 e. The molecule has 1 amide bonds. The molecule has 1 aromatic rings. The third-order valence-corrected chi connectivity index (χ3v) is 7.50. The van der Waals surface area contributed by atoms with Gasteiger partial charge in [-0.25, -0.2) is 0 Å². The maximum atomic E-state index is 12.9. The highest BCUT2D eigenvalue weighted by Crippen LogP contribution is 2.59. The zero-order chi connectivity index (χ0) is 23.1. The van der Waals surface area contributed by atoms with Crippen molar-refractivity contribution < 1.29 is 19.8 Å². The number of carbonyl (C=O) groups is 2. The first-order valence-corrected chi connectivity index (χ1v) is 12.3. The number of aliphatic hydroxyl groups is 1. The van der Waals surface area contributed by atoms with E-state index >= 15 is 0 Å². The van der Waals surface area contributed by atoms with Crippen LogP contribution >= 0.6 is 11.6 Å². The Balaban J connectivity index is 0.000000668. The van der Waals surface area contributed by atoms with Crippen LogP contribution in [0.2, 0.25) is 5.02 Å². The van der Waals surface area contributed by atoms with Crippen LogP contribution in [0.25, 0.3) is 0 Å². The molecule has 0 heterocycles. The smallest absolute Gasteiger partial charge is 0.300 e. The number of hydrogen-bond donors (Lipinski definition) is 4. The first-order valence-electron chi connectivity index (χ1n) is 11.9. The quantitative estimate of drug-likeness (QED) is 0.415. The van der Waals surface area contributed by atoms with Crippen molar-refractivity contribution in [2.24, 2.45) is 23.2 Å². The molecule has 4 N–H and O–H groups in total. The molecular weight excluding hydrogens is 428 g/mol. The molecule has 4 fully saturated rings. The molecule has 7 heteroatoms. The fourth-order valence-electron chi connectivity index (χ4n) is 6.39. The molecule has 5 rings (SSSR count). The highest BCUT2D eigenvalue weighted by molar-refractivity contribution is 6.33. The first kappa shape index (κ1) is 25.0. The van der Waals surface area contributed by atoms with Crippen molar-refractivity contribution in [2.75, 3.05) is 26.2 Å². The van der Waals surface area contributed by atoms with E-state index in [-0.39, 0.29) is 12.5 Å². The molecule has 1 aromatic carbocycles. The SMILES string of the molecule is CC(=O)O.O=C(NCC12CC3CC(CC(C3)C1)C2)c1cc(CCCNCCO)ccc1Cl. The van der Waals surface area contributed by atoms with Gasteiger partial charge in [-0.15, -0.1) is 0 Å². The van der Waals surface area contributed by atoms with E-state index in [2.05, 4.69) is 10.6 Å². The largest absolute Gasteiger partial charge is 0.481 e. The van der Waals surface area contributed by atoms with Gasteiger partial charge >= 0.3 is 0 Å². The summed E-state index contributed by atoms with van der Waals surface area (Å²) in [4.78, 5) is 21.9. The summed E-state index contributed by atoms with van der Waals surface area (Å²) in [5.74, 6) is 1.83. The number of halogens is 1. The van der Waals surface area contributed by atoms with Crippen molar-refractivity contribution in [3.63, 3.8) is 0 Å². The van der Waals surface area contributed by atoms with Gasteiger partial charge in [-0.3, -0.25) is 9.59 Å². The number of rotatable bonds is 9. The lowest BCUT2D eigenvalue weighted by Crippen LogP contribution is -2.51. The predicted octanol–water partition coefficient (Wildman–Crippen LogP) is 3.89. The van der Waals surface area contributed by atoms with Gasteiger partial charge in [0.05, 0.1) is 17.2 Å². The van der Waals surface area contributed by atoms with E-state index in [1.54, 1.807) is 0 Å². The number of benzene rings is 1. The predicted molar refractivity (Wildman–Crippen MR) is 126 cm³/mol. The van der Waals surface area contributed by atoms with Crippen LogP contribution in [0.5, 0.6) is 0 Å². The standard InChI is InChI=1S/C23H33ClN2O2.C2H4O2/c24-21-4-3-16(2-1-5-25-6-7-27)11-20(21)22(28)26-15-23-12-17-8-18(13-23)10-19(9-17)14-23;1-2(3)4/h3-4,11,17-19,25,27H,1-2,5-10,12-15H2,(H,26,28);1H3,(H,3,4). The lowest BCUT2D eigenvalue weighted by Gasteiger charge is -2.56. The van der Waals surface area contributed by atoms with Gasteiger partial charge in [-0.05, 0) is 98.8 Å². The number of hydrogen-bond acceptors (Lipinski definition) is 4.